The fourth-order valence-electron chi connectivity index (χ4n) is 2.86. The summed E-state index contributed by atoms with van der Waals surface area (Å²) >= 11 is 0. The minimum atomic E-state index is -4.01. The van der Waals surface area contributed by atoms with Crippen LogP contribution < -0.4 is 29.6 Å². The van der Waals surface area contributed by atoms with Crippen molar-refractivity contribution in [1.82, 2.24) is 14.9 Å². The highest BCUT2D eigenvalue weighted by Crippen LogP contribution is 2.34. The Morgan fingerprint density at radius 3 is 2.64 bits per heavy atom. The molecule has 1 aromatic heterocycles. The van der Waals surface area contributed by atoms with Gasteiger partial charge in [-0.3, -0.25) is 4.79 Å². The molecule has 3 aromatic rings. The van der Waals surface area contributed by atoms with Gasteiger partial charge in [-0.25, -0.2) is 4.98 Å². The third-order valence-corrected chi connectivity index (χ3v) is 4.42. The molecular weight excluding hydrogens is 426 g/mol. The van der Waals surface area contributed by atoms with Gasteiger partial charge in [0.15, 0.2) is 25.8 Å². The highest BCUT2D eigenvalue weighted by molar-refractivity contribution is 5.91. The fraction of sp³-hybridized carbons (Fsp3) is 0.348. The molecule has 3 heterocycles. The lowest BCUT2D eigenvalue weighted by atomic mass is 10.2. The predicted molar refractivity (Wildman–Crippen MR) is 122 cm³/mol. The van der Waals surface area contributed by atoms with E-state index < -0.39 is 84.2 Å². The van der Waals surface area contributed by atoms with Crippen LogP contribution >= 0.6 is 0 Å². The summed E-state index contributed by atoms with van der Waals surface area (Å²) in [4.78, 5) is 20.9. The number of ether oxygens (including phenoxy) is 4. The average Bonchev–Trinajstić information content (AvgIpc) is 2.97. The molecule has 172 valence electrons. The molecule has 0 bridgehead atoms. The molecule has 2 aromatic carbocycles. The standard InChI is InChI=1S/C23H25N5O5/c1-30-18-11-14-15(12-19(18)31-2)25-23(26-21(14)24)28-9-7-27(8-10-28)22(29)20-13-32-16-5-3-4-6-17(16)33-20/h3-6,11-12,20H,7-10,13H2,1-2H3,(H2,24,25,26)/i7D2,8D2,9D2,10D2,11D,12D,13D2,20D/hD2. The second-order valence-corrected chi connectivity index (χ2v) is 6.39. The summed E-state index contributed by atoms with van der Waals surface area (Å²) in [5.41, 5.74) is -0.812. The Balaban J connectivity index is 1.74. The number of carbonyl (C=O) groups excluding carboxylic acids is 1. The number of amides is 1. The van der Waals surface area contributed by atoms with Gasteiger partial charge in [0, 0.05) is 37.4 Å². The van der Waals surface area contributed by atoms with E-state index in [1.54, 1.807) is 0 Å². The maximum atomic E-state index is 14.0. The van der Waals surface area contributed by atoms with Gasteiger partial charge in [-0.15, -0.1) is 0 Å². The van der Waals surface area contributed by atoms with Crippen LogP contribution in [0.5, 0.6) is 23.0 Å². The second-order valence-electron chi connectivity index (χ2n) is 6.39. The molecule has 1 amide bonds. The topological polar surface area (TPSA) is 112 Å². The summed E-state index contributed by atoms with van der Waals surface area (Å²) in [6.45, 7) is -19.3. The molecule has 2 N–H and O–H groups in total. The lowest BCUT2D eigenvalue weighted by Gasteiger charge is -2.37. The van der Waals surface area contributed by atoms with E-state index in [1.807, 2.05) is 0 Å². The summed E-state index contributed by atoms with van der Waals surface area (Å²) in [7, 11) is 2.25. The van der Waals surface area contributed by atoms with Gasteiger partial charge in [-0.1, -0.05) is 12.1 Å². The highest BCUT2D eigenvalue weighted by Gasteiger charge is 2.33. The second kappa shape index (κ2) is 8.53. The van der Waals surface area contributed by atoms with Crippen LogP contribution in [0.4, 0.5) is 11.8 Å². The van der Waals surface area contributed by atoms with E-state index >= 15 is 0 Å². The van der Waals surface area contributed by atoms with E-state index in [0.29, 0.717) is 0 Å². The number of hydrogen-bond acceptors (Lipinski definition) is 9. The molecule has 0 saturated carbocycles. The zero-order valence-electron chi connectivity index (χ0n) is 32.1. The van der Waals surface area contributed by atoms with Crippen LogP contribution in [0.3, 0.4) is 0 Å². The highest BCUT2D eigenvalue weighted by atomic mass is 16.6. The Morgan fingerprint density at radius 2 is 1.91 bits per heavy atom. The number of nitrogens with zero attached hydrogens (tertiary/aromatic N) is 4. The number of piperazine rings is 1. The first-order valence-electron chi connectivity index (χ1n) is 16.7. The van der Waals surface area contributed by atoms with Crippen molar-refractivity contribution < 1.29 is 44.4 Å². The van der Waals surface area contributed by atoms with E-state index in [4.69, 9.17) is 39.6 Å². The number of hydrogen-bond donors (Lipinski definition) is 1. The summed E-state index contributed by atoms with van der Waals surface area (Å²) < 4.78 is 149. The van der Waals surface area contributed by atoms with Crippen LogP contribution in [0.1, 0.15) is 17.8 Å². The Labute approximate surface area is 212 Å². The number of carbonyl (C=O) groups is 1. The Bertz CT molecular complexity index is 1800. The zero-order chi connectivity index (χ0) is 36.2. The molecule has 0 radical (unpaired) electrons. The third kappa shape index (κ3) is 3.88. The van der Waals surface area contributed by atoms with Gasteiger partial charge in [0.05, 0.1) is 37.6 Å². The molecular formula is C23H25N5O5. The average molecular weight is 467 g/mol. The molecule has 10 heteroatoms. The van der Waals surface area contributed by atoms with Crippen molar-refractivity contribution in [3.63, 3.8) is 0 Å². The van der Waals surface area contributed by atoms with E-state index in [1.165, 1.54) is 24.3 Å². The van der Waals surface area contributed by atoms with Crippen molar-refractivity contribution in [3.05, 3.63) is 36.4 Å². The van der Waals surface area contributed by atoms with Crippen LogP contribution in [0.25, 0.3) is 10.9 Å². The normalized spacial score (nSPS) is 34.1. The lowest BCUT2D eigenvalue weighted by molar-refractivity contribution is -0.141. The van der Waals surface area contributed by atoms with Gasteiger partial charge in [-0.05, 0) is 18.2 Å². The smallest absolute Gasteiger partial charge is 0.267 e. The number of aromatic nitrogens is 2. The minimum Gasteiger partial charge on any atom is -0.493 e. The van der Waals surface area contributed by atoms with E-state index in [2.05, 4.69) is 9.97 Å². The van der Waals surface area contributed by atoms with Crippen molar-refractivity contribution in [2.45, 2.75) is 6.08 Å². The van der Waals surface area contributed by atoms with E-state index in [-0.39, 0.29) is 33.6 Å². The van der Waals surface area contributed by atoms with E-state index in [9.17, 15) is 4.79 Å². The fourth-order valence-corrected chi connectivity index (χ4v) is 2.86. The zero-order valence-corrected chi connectivity index (χ0v) is 17.1. The van der Waals surface area contributed by atoms with Crippen LogP contribution in [0.15, 0.2) is 36.4 Å². The molecule has 5 rings (SSSR count). The van der Waals surface area contributed by atoms with Crippen molar-refractivity contribution in [3.8, 4) is 23.0 Å². The maximum absolute atomic E-state index is 14.0. The first-order valence-corrected chi connectivity index (χ1v) is 9.28. The molecule has 0 spiro atoms. The molecule has 2 aliphatic heterocycles. The summed E-state index contributed by atoms with van der Waals surface area (Å²) in [6, 6.07) is 3.93. The van der Waals surface area contributed by atoms with Gasteiger partial charge >= 0.3 is 0 Å². The van der Waals surface area contributed by atoms with Crippen molar-refractivity contribution in [2.24, 2.45) is 0 Å². The first kappa shape index (κ1) is 9.90. The Kier molecular flexibility index (Phi) is 2.56. The van der Waals surface area contributed by atoms with Crippen molar-refractivity contribution >= 4 is 28.6 Å². The number of anilines is 2. The van der Waals surface area contributed by atoms with Gasteiger partial charge in [-0.2, -0.15) is 4.98 Å². The Morgan fingerprint density at radius 1 is 1.18 bits per heavy atom. The molecule has 33 heavy (non-hydrogen) atoms. The molecule has 1 unspecified atom stereocenters. The van der Waals surface area contributed by atoms with Crippen LogP contribution in [0, 0.1) is 0 Å². The number of nitrogen functional groups attached to an aromatic ring is 1. The quantitative estimate of drug-likeness (QED) is 0.600. The SMILES string of the molecule is [2H]c1c(OC)c(OC)c([2H])c2c(N([2H])[2H])nc(N3C([2H])([2H])C([2H])([2H])N(C(=O)C4([2H])Oc5ccccc5OC4([2H])[2H])C([2H])([2H])C3([2H])[2H])nc12. The monoisotopic (exact) mass is 466 g/mol. The number of benzene rings is 2. The summed E-state index contributed by atoms with van der Waals surface area (Å²) in [6.07, 6.45) is -3.65. The first-order chi connectivity index (χ1) is 22.0. The minimum absolute atomic E-state index is 0.185. The lowest BCUT2D eigenvalue weighted by Crippen LogP contribution is -2.54. The predicted octanol–water partition coefficient (Wildman–Crippen LogP) is 1.72. The Hall–Kier alpha value is -3.95. The van der Waals surface area contributed by atoms with Crippen LogP contribution in [-0.4, -0.2) is 73.6 Å². The molecule has 1 fully saturated rings. The molecule has 1 atom stereocenters. The summed E-state index contributed by atoms with van der Waals surface area (Å²) in [5, 5.41) is -0.486. The van der Waals surface area contributed by atoms with Crippen LogP contribution in [-0.2, 0) is 4.79 Å². The van der Waals surface area contributed by atoms with E-state index in [0.717, 1.165) is 14.2 Å². The number of methoxy groups -OCH3 is 2. The van der Waals surface area contributed by atoms with Gasteiger partial charge in [0.2, 0.25) is 12.0 Å². The van der Waals surface area contributed by atoms with Gasteiger partial charge in [0.1, 0.15) is 12.4 Å². The third-order valence-electron chi connectivity index (χ3n) is 4.42. The molecule has 1 saturated heterocycles. The van der Waals surface area contributed by atoms with Crippen molar-refractivity contribution in [2.75, 3.05) is 57.4 Å². The number of rotatable bonds is 5. The largest absolute Gasteiger partial charge is 0.493 e. The van der Waals surface area contributed by atoms with Gasteiger partial charge < -0.3 is 34.5 Å². The molecule has 0 aliphatic carbocycles. The number of nitrogens with two attached hydrogens (primary N) is 1. The number of fused-ring (bicyclic) bond motifs is 2. The summed E-state index contributed by atoms with van der Waals surface area (Å²) in [5.74, 6) is -5.63. The number of para-hydroxylation sites is 2. The molecule has 10 nitrogen and oxygen atoms in total. The molecule has 2 aliphatic rings. The van der Waals surface area contributed by atoms with Crippen LogP contribution in [0.2, 0.25) is 2.82 Å². The van der Waals surface area contributed by atoms with Gasteiger partial charge in [0.25, 0.3) is 5.91 Å². The van der Waals surface area contributed by atoms with Crippen molar-refractivity contribution in [1.29, 1.82) is 0 Å². The maximum Gasteiger partial charge on any atom is 0.267 e.